The molecular weight excluding hydrogens is 326 g/mol. The Morgan fingerprint density at radius 2 is 1.77 bits per heavy atom. The van der Waals surface area contributed by atoms with E-state index in [2.05, 4.69) is 10.4 Å². The van der Waals surface area contributed by atoms with Crippen LogP contribution in [0.1, 0.15) is 40.1 Å². The van der Waals surface area contributed by atoms with Gasteiger partial charge in [-0.05, 0) is 37.1 Å². The third-order valence-electron chi connectivity index (χ3n) is 4.41. The molecule has 1 aromatic heterocycles. The van der Waals surface area contributed by atoms with E-state index in [0.717, 1.165) is 22.6 Å². The molecule has 26 heavy (non-hydrogen) atoms. The fourth-order valence-corrected chi connectivity index (χ4v) is 2.86. The van der Waals surface area contributed by atoms with Crippen LogP contribution in [0.25, 0.3) is 0 Å². The van der Waals surface area contributed by atoms with Gasteiger partial charge in [0.15, 0.2) is 0 Å². The van der Waals surface area contributed by atoms with Crippen LogP contribution in [0.4, 0.5) is 0 Å². The van der Waals surface area contributed by atoms with Gasteiger partial charge in [-0.3, -0.25) is 9.48 Å². The third kappa shape index (κ3) is 3.77. The first kappa shape index (κ1) is 17.7. The lowest BCUT2D eigenvalue weighted by Crippen LogP contribution is -2.29. The number of hydrogen-bond acceptors (Lipinski definition) is 3. The second kappa shape index (κ2) is 7.87. The summed E-state index contributed by atoms with van der Waals surface area (Å²) < 4.78 is 7.21. The van der Waals surface area contributed by atoms with Gasteiger partial charge in [0.25, 0.3) is 5.91 Å². The number of benzene rings is 2. The number of aromatic nitrogens is 2. The summed E-state index contributed by atoms with van der Waals surface area (Å²) in [6.07, 6.45) is 1.60. The number of rotatable bonds is 6. The molecule has 0 spiro atoms. The second-order valence-corrected chi connectivity index (χ2v) is 6.09. The van der Waals surface area contributed by atoms with E-state index in [1.165, 1.54) is 0 Å². The van der Waals surface area contributed by atoms with Crippen molar-refractivity contribution in [2.45, 2.75) is 19.9 Å². The highest BCUT2D eigenvalue weighted by Crippen LogP contribution is 2.25. The Kier molecular flexibility index (Phi) is 5.37. The minimum atomic E-state index is -0.251. The lowest BCUT2D eigenvalue weighted by Gasteiger charge is -2.20. The van der Waals surface area contributed by atoms with Crippen molar-refractivity contribution < 1.29 is 9.53 Å². The van der Waals surface area contributed by atoms with Crippen molar-refractivity contribution >= 4 is 5.91 Å². The summed E-state index contributed by atoms with van der Waals surface area (Å²) in [5.41, 5.74) is 3.43. The van der Waals surface area contributed by atoms with Crippen LogP contribution in [0.3, 0.4) is 0 Å². The van der Waals surface area contributed by atoms with Gasteiger partial charge in [0.05, 0.1) is 24.4 Å². The minimum Gasteiger partial charge on any atom is -0.494 e. The van der Waals surface area contributed by atoms with Crippen molar-refractivity contribution in [2.75, 3.05) is 6.61 Å². The Morgan fingerprint density at radius 3 is 2.35 bits per heavy atom. The van der Waals surface area contributed by atoms with Gasteiger partial charge >= 0.3 is 0 Å². The molecule has 1 heterocycles. The van der Waals surface area contributed by atoms with Gasteiger partial charge in [0.2, 0.25) is 0 Å². The summed E-state index contributed by atoms with van der Waals surface area (Å²) in [5, 5.41) is 7.30. The predicted octanol–water partition coefficient (Wildman–Crippen LogP) is 3.65. The molecule has 0 saturated heterocycles. The number of aryl methyl sites for hydroxylation is 1. The van der Waals surface area contributed by atoms with E-state index in [-0.39, 0.29) is 11.9 Å². The van der Waals surface area contributed by atoms with E-state index in [0.29, 0.717) is 12.2 Å². The fraction of sp³-hybridized carbons (Fsp3) is 0.238. The molecule has 0 fully saturated rings. The zero-order valence-corrected chi connectivity index (χ0v) is 15.3. The first-order chi connectivity index (χ1) is 12.6. The number of carbonyl (C=O) groups excluding carboxylic acids is 1. The van der Waals surface area contributed by atoms with E-state index < -0.39 is 0 Å². The predicted molar refractivity (Wildman–Crippen MR) is 101 cm³/mol. The summed E-state index contributed by atoms with van der Waals surface area (Å²) in [5.74, 6) is 0.677. The summed E-state index contributed by atoms with van der Waals surface area (Å²) in [4.78, 5) is 12.8. The number of amides is 1. The van der Waals surface area contributed by atoms with Crippen molar-refractivity contribution in [1.29, 1.82) is 0 Å². The van der Waals surface area contributed by atoms with Crippen molar-refractivity contribution in [1.82, 2.24) is 15.1 Å². The molecule has 134 valence electrons. The van der Waals surface area contributed by atoms with Crippen LogP contribution >= 0.6 is 0 Å². The highest BCUT2D eigenvalue weighted by atomic mass is 16.5. The molecule has 1 atom stereocenters. The minimum absolute atomic E-state index is 0.140. The monoisotopic (exact) mass is 349 g/mol. The Bertz CT molecular complexity index is 870. The third-order valence-corrected chi connectivity index (χ3v) is 4.41. The van der Waals surface area contributed by atoms with Gasteiger partial charge in [0.1, 0.15) is 5.75 Å². The molecule has 0 aliphatic carbocycles. The quantitative estimate of drug-likeness (QED) is 0.739. The van der Waals surface area contributed by atoms with Crippen LogP contribution < -0.4 is 10.1 Å². The molecule has 0 aliphatic heterocycles. The number of nitrogens with one attached hydrogen (secondary N) is 1. The molecule has 1 N–H and O–H groups in total. The second-order valence-electron chi connectivity index (χ2n) is 6.09. The van der Waals surface area contributed by atoms with Crippen molar-refractivity contribution in [3.63, 3.8) is 0 Å². The maximum atomic E-state index is 12.8. The number of carbonyl (C=O) groups is 1. The van der Waals surface area contributed by atoms with Crippen molar-refractivity contribution in [3.05, 3.63) is 83.2 Å². The molecule has 5 heteroatoms. The van der Waals surface area contributed by atoms with E-state index in [1.54, 1.807) is 10.9 Å². The Balaban J connectivity index is 1.91. The van der Waals surface area contributed by atoms with E-state index in [9.17, 15) is 4.79 Å². The lowest BCUT2D eigenvalue weighted by molar-refractivity contribution is 0.0942. The van der Waals surface area contributed by atoms with Gasteiger partial charge < -0.3 is 10.1 Å². The fourth-order valence-electron chi connectivity index (χ4n) is 2.86. The number of nitrogens with zero attached hydrogens (tertiary/aromatic N) is 2. The van der Waals surface area contributed by atoms with E-state index in [4.69, 9.17) is 4.74 Å². The molecule has 0 aliphatic rings. The molecule has 0 bridgehead atoms. The van der Waals surface area contributed by atoms with Crippen molar-refractivity contribution in [2.24, 2.45) is 7.05 Å². The molecule has 0 radical (unpaired) electrons. The van der Waals surface area contributed by atoms with Gasteiger partial charge in [0, 0.05) is 12.7 Å². The van der Waals surface area contributed by atoms with E-state index >= 15 is 0 Å². The zero-order valence-electron chi connectivity index (χ0n) is 15.3. The van der Waals surface area contributed by atoms with E-state index in [1.807, 2.05) is 75.5 Å². The van der Waals surface area contributed by atoms with Gasteiger partial charge in [-0.25, -0.2) is 0 Å². The maximum Gasteiger partial charge on any atom is 0.255 e. The molecule has 0 saturated carbocycles. The van der Waals surface area contributed by atoms with Crippen LogP contribution in [0.2, 0.25) is 0 Å². The normalized spacial score (nSPS) is 11.8. The highest BCUT2D eigenvalue weighted by Gasteiger charge is 2.20. The Labute approximate surface area is 153 Å². The highest BCUT2D eigenvalue weighted by molar-refractivity contribution is 5.95. The Hall–Kier alpha value is -3.08. The maximum absolute atomic E-state index is 12.8. The molecule has 5 nitrogen and oxygen atoms in total. The van der Waals surface area contributed by atoms with Gasteiger partial charge in [-0.15, -0.1) is 0 Å². The first-order valence-electron chi connectivity index (χ1n) is 8.67. The van der Waals surface area contributed by atoms with Gasteiger partial charge in [-0.1, -0.05) is 42.5 Å². The molecule has 1 unspecified atom stereocenters. The zero-order chi connectivity index (χ0) is 18.5. The molecule has 3 aromatic rings. The average molecular weight is 349 g/mol. The smallest absolute Gasteiger partial charge is 0.255 e. The molecule has 3 rings (SSSR count). The average Bonchev–Trinajstić information content (AvgIpc) is 3.00. The van der Waals surface area contributed by atoms with Crippen LogP contribution in [-0.2, 0) is 7.05 Å². The summed E-state index contributed by atoms with van der Waals surface area (Å²) in [7, 11) is 1.83. The van der Waals surface area contributed by atoms with Crippen molar-refractivity contribution in [3.8, 4) is 5.75 Å². The van der Waals surface area contributed by atoms with Gasteiger partial charge in [-0.2, -0.15) is 5.10 Å². The number of hydrogen-bond donors (Lipinski definition) is 1. The largest absolute Gasteiger partial charge is 0.494 e. The summed E-state index contributed by atoms with van der Waals surface area (Å²) >= 11 is 0. The first-order valence-corrected chi connectivity index (χ1v) is 8.67. The summed E-state index contributed by atoms with van der Waals surface area (Å²) in [6, 6.07) is 17.5. The van der Waals surface area contributed by atoms with Crippen LogP contribution in [0.5, 0.6) is 5.75 Å². The SMILES string of the molecule is CCOc1ccc(C(NC(=O)c2cnn(C)c2C)c2ccccc2)cc1. The molecular formula is C21H23N3O2. The lowest BCUT2D eigenvalue weighted by atomic mass is 9.98. The summed E-state index contributed by atoms with van der Waals surface area (Å²) in [6.45, 7) is 4.46. The topological polar surface area (TPSA) is 56.1 Å². The van der Waals surface area contributed by atoms with Crippen LogP contribution in [-0.4, -0.2) is 22.3 Å². The standard InChI is InChI=1S/C21H23N3O2/c1-4-26-18-12-10-17(11-13-18)20(16-8-6-5-7-9-16)23-21(25)19-14-22-24(3)15(19)2/h5-14,20H,4H2,1-3H3,(H,23,25). The van der Waals surface area contributed by atoms with Crippen LogP contribution in [0.15, 0.2) is 60.8 Å². The number of ether oxygens (including phenoxy) is 1. The van der Waals surface area contributed by atoms with Crippen LogP contribution in [0, 0.1) is 6.92 Å². The molecule has 2 aromatic carbocycles. The Morgan fingerprint density at radius 1 is 1.12 bits per heavy atom. The molecule has 1 amide bonds.